The average molecular weight is 337 g/mol. The lowest BCUT2D eigenvalue weighted by Gasteiger charge is -2.18. The number of nitrogens with one attached hydrogen (secondary N) is 2. The maximum atomic E-state index is 13.8. The van der Waals surface area contributed by atoms with Gasteiger partial charge in [0, 0.05) is 19.7 Å². The number of nitrogens with zero attached hydrogens (tertiary/aromatic N) is 1. The lowest BCUT2D eigenvalue weighted by atomic mass is 10.1. The SMILES string of the molecule is CC(C)CO[C@H]1CCN(C(=O)c2cc(F)cc3[nH]c(=S)[nH]c23)C1. The molecule has 0 saturated carbocycles. The van der Waals surface area contributed by atoms with E-state index in [0.717, 1.165) is 6.42 Å². The molecule has 1 amide bonds. The summed E-state index contributed by atoms with van der Waals surface area (Å²) in [5.74, 6) is -0.198. The number of aromatic amines is 2. The Kier molecular flexibility index (Phi) is 4.50. The van der Waals surface area contributed by atoms with Crippen molar-refractivity contribution >= 4 is 29.2 Å². The molecule has 0 aliphatic carbocycles. The third kappa shape index (κ3) is 3.45. The lowest BCUT2D eigenvalue weighted by molar-refractivity contribution is 0.0397. The molecule has 1 aromatic heterocycles. The van der Waals surface area contributed by atoms with Gasteiger partial charge >= 0.3 is 0 Å². The normalized spacial score (nSPS) is 18.3. The summed E-state index contributed by atoms with van der Waals surface area (Å²) >= 11 is 5.04. The first kappa shape index (κ1) is 16.1. The van der Waals surface area contributed by atoms with Crippen LogP contribution < -0.4 is 0 Å². The van der Waals surface area contributed by atoms with Crippen molar-refractivity contribution in [1.29, 1.82) is 0 Å². The standard InChI is InChI=1S/C16H20FN3O2S/c1-9(2)8-22-11-3-4-20(7-11)15(21)12-5-10(17)6-13-14(12)19-16(23)18-13/h5-6,9,11H,3-4,7-8H2,1-2H3,(H2,18,19,23)/t11-/m0/s1. The van der Waals surface area contributed by atoms with Crippen LogP contribution in [0.4, 0.5) is 4.39 Å². The second kappa shape index (κ2) is 6.41. The summed E-state index contributed by atoms with van der Waals surface area (Å²) in [6, 6.07) is 2.59. The Balaban J connectivity index is 1.80. The summed E-state index contributed by atoms with van der Waals surface area (Å²) in [6.07, 6.45) is 0.857. The number of halogens is 1. The average Bonchev–Trinajstić information content (AvgIpc) is 3.09. The number of rotatable bonds is 4. The molecular weight excluding hydrogens is 317 g/mol. The predicted octanol–water partition coefficient (Wildman–Crippen LogP) is 3.25. The van der Waals surface area contributed by atoms with E-state index in [-0.39, 0.29) is 12.0 Å². The van der Waals surface area contributed by atoms with E-state index in [1.165, 1.54) is 12.1 Å². The number of hydrogen-bond donors (Lipinski definition) is 2. The maximum Gasteiger partial charge on any atom is 0.256 e. The first-order chi connectivity index (χ1) is 10.9. The highest BCUT2D eigenvalue weighted by molar-refractivity contribution is 7.71. The molecule has 1 aliphatic heterocycles. The van der Waals surface area contributed by atoms with Crippen molar-refractivity contribution in [2.45, 2.75) is 26.4 Å². The van der Waals surface area contributed by atoms with Gasteiger partial charge in [0.1, 0.15) is 5.82 Å². The number of benzene rings is 1. The van der Waals surface area contributed by atoms with E-state index in [1.807, 2.05) is 0 Å². The minimum atomic E-state index is -0.460. The number of aromatic nitrogens is 2. The largest absolute Gasteiger partial charge is 0.376 e. The minimum absolute atomic E-state index is 0.0510. The summed E-state index contributed by atoms with van der Waals surface area (Å²) in [6.45, 7) is 6.02. The Hall–Kier alpha value is -1.73. The molecule has 1 atom stereocenters. The van der Waals surface area contributed by atoms with Crippen LogP contribution in [0.3, 0.4) is 0 Å². The molecule has 2 N–H and O–H groups in total. The van der Waals surface area contributed by atoms with Crippen molar-refractivity contribution in [3.05, 3.63) is 28.3 Å². The van der Waals surface area contributed by atoms with Gasteiger partial charge in [-0.25, -0.2) is 4.39 Å². The molecule has 0 spiro atoms. The number of amides is 1. The van der Waals surface area contributed by atoms with Gasteiger partial charge in [-0.1, -0.05) is 13.8 Å². The van der Waals surface area contributed by atoms with E-state index in [2.05, 4.69) is 23.8 Å². The van der Waals surface area contributed by atoms with Crippen molar-refractivity contribution in [1.82, 2.24) is 14.9 Å². The Morgan fingerprint density at radius 2 is 2.26 bits per heavy atom. The molecule has 2 aromatic rings. The zero-order valence-electron chi connectivity index (χ0n) is 13.2. The zero-order valence-corrected chi connectivity index (χ0v) is 14.0. The fraction of sp³-hybridized carbons (Fsp3) is 0.500. The number of hydrogen-bond acceptors (Lipinski definition) is 3. The molecule has 7 heteroatoms. The van der Waals surface area contributed by atoms with Gasteiger partial charge in [-0.3, -0.25) is 4.79 Å². The van der Waals surface area contributed by atoms with Crippen LogP contribution in [0.25, 0.3) is 11.0 Å². The van der Waals surface area contributed by atoms with Crippen LogP contribution in [0.1, 0.15) is 30.6 Å². The van der Waals surface area contributed by atoms with Crippen LogP contribution in [-0.4, -0.2) is 46.6 Å². The van der Waals surface area contributed by atoms with Crippen LogP contribution in [0, 0.1) is 16.5 Å². The van der Waals surface area contributed by atoms with E-state index in [9.17, 15) is 9.18 Å². The fourth-order valence-corrected chi connectivity index (χ4v) is 3.04. The van der Waals surface area contributed by atoms with Crippen LogP contribution in [0.5, 0.6) is 0 Å². The van der Waals surface area contributed by atoms with Crippen molar-refractivity contribution in [3.8, 4) is 0 Å². The molecule has 124 valence electrons. The van der Waals surface area contributed by atoms with Gasteiger partial charge in [0.15, 0.2) is 4.77 Å². The van der Waals surface area contributed by atoms with Crippen LogP contribution in [0.15, 0.2) is 12.1 Å². The first-order valence-corrected chi connectivity index (χ1v) is 8.17. The summed E-state index contributed by atoms with van der Waals surface area (Å²) in [7, 11) is 0. The van der Waals surface area contributed by atoms with Crippen LogP contribution in [-0.2, 0) is 4.74 Å². The Morgan fingerprint density at radius 1 is 1.48 bits per heavy atom. The highest BCUT2D eigenvalue weighted by Crippen LogP contribution is 2.22. The quantitative estimate of drug-likeness (QED) is 0.842. The number of fused-ring (bicyclic) bond motifs is 1. The molecule has 0 unspecified atom stereocenters. The Morgan fingerprint density at radius 3 is 3.00 bits per heavy atom. The van der Waals surface area contributed by atoms with Gasteiger partial charge in [0.05, 0.1) is 22.7 Å². The minimum Gasteiger partial charge on any atom is -0.376 e. The van der Waals surface area contributed by atoms with Gasteiger partial charge < -0.3 is 19.6 Å². The van der Waals surface area contributed by atoms with Gasteiger partial charge in [0.2, 0.25) is 0 Å². The number of carbonyl (C=O) groups excluding carboxylic acids is 1. The molecule has 3 rings (SSSR count). The van der Waals surface area contributed by atoms with Crippen molar-refractivity contribution < 1.29 is 13.9 Å². The maximum absolute atomic E-state index is 13.8. The van der Waals surface area contributed by atoms with Crippen molar-refractivity contribution in [2.75, 3.05) is 19.7 Å². The molecule has 0 bridgehead atoms. The van der Waals surface area contributed by atoms with E-state index in [0.29, 0.717) is 47.0 Å². The third-order valence-electron chi connectivity index (χ3n) is 3.92. The third-order valence-corrected chi connectivity index (χ3v) is 4.12. The lowest BCUT2D eigenvalue weighted by Crippen LogP contribution is -2.30. The second-order valence-corrected chi connectivity index (χ2v) is 6.75. The number of likely N-dealkylation sites (tertiary alicyclic amines) is 1. The van der Waals surface area contributed by atoms with Crippen LogP contribution >= 0.6 is 12.2 Å². The van der Waals surface area contributed by atoms with Crippen LogP contribution in [0.2, 0.25) is 0 Å². The molecular formula is C16H20FN3O2S. The van der Waals surface area contributed by atoms with Gasteiger partial charge in [-0.15, -0.1) is 0 Å². The molecule has 2 heterocycles. The Bertz CT molecular complexity index is 783. The predicted molar refractivity (Wildman–Crippen MR) is 88.5 cm³/mol. The van der Waals surface area contributed by atoms with Gasteiger partial charge in [-0.05, 0) is 36.7 Å². The smallest absolute Gasteiger partial charge is 0.256 e. The Labute approximate surface area is 138 Å². The molecule has 1 aromatic carbocycles. The fourth-order valence-electron chi connectivity index (χ4n) is 2.82. The summed E-state index contributed by atoms with van der Waals surface area (Å²) < 4.78 is 19.9. The molecule has 1 fully saturated rings. The highest BCUT2D eigenvalue weighted by atomic mass is 32.1. The molecule has 23 heavy (non-hydrogen) atoms. The highest BCUT2D eigenvalue weighted by Gasteiger charge is 2.29. The van der Waals surface area contributed by atoms with E-state index < -0.39 is 5.82 Å². The molecule has 1 saturated heterocycles. The summed E-state index contributed by atoms with van der Waals surface area (Å²) in [5, 5.41) is 0. The van der Waals surface area contributed by atoms with Gasteiger partial charge in [0.25, 0.3) is 5.91 Å². The molecule has 0 radical (unpaired) electrons. The van der Waals surface area contributed by atoms with Crippen molar-refractivity contribution in [3.63, 3.8) is 0 Å². The van der Waals surface area contributed by atoms with E-state index in [1.54, 1.807) is 4.90 Å². The first-order valence-electron chi connectivity index (χ1n) is 7.76. The number of carbonyl (C=O) groups is 1. The molecule has 5 nitrogen and oxygen atoms in total. The number of ether oxygens (including phenoxy) is 1. The monoisotopic (exact) mass is 337 g/mol. The summed E-state index contributed by atoms with van der Waals surface area (Å²) in [5.41, 5.74) is 1.36. The van der Waals surface area contributed by atoms with E-state index in [4.69, 9.17) is 17.0 Å². The van der Waals surface area contributed by atoms with E-state index >= 15 is 0 Å². The van der Waals surface area contributed by atoms with Crippen molar-refractivity contribution in [2.24, 2.45) is 5.92 Å². The zero-order chi connectivity index (χ0) is 16.6. The molecule has 1 aliphatic rings. The number of imidazole rings is 1. The summed E-state index contributed by atoms with van der Waals surface area (Å²) in [4.78, 5) is 20.2. The number of H-pyrrole nitrogens is 2. The topological polar surface area (TPSA) is 61.1 Å². The second-order valence-electron chi connectivity index (χ2n) is 6.34. The van der Waals surface area contributed by atoms with Gasteiger partial charge in [-0.2, -0.15) is 0 Å².